The smallest absolute Gasteiger partial charge is 0.147 e. The van der Waals surface area contributed by atoms with Crippen LogP contribution in [0.25, 0.3) is 0 Å². The molecule has 1 fully saturated rings. The third-order valence-corrected chi connectivity index (χ3v) is 3.85. The molecule has 2 rings (SSSR count). The molecule has 2 heterocycles. The molecule has 4 nitrogen and oxygen atoms in total. The second-order valence-corrected chi connectivity index (χ2v) is 6.12. The standard InChI is InChI=1S/C11H18N4S/c1-8-6-15(7-9(2)16-8)11-5-13-4-10(3-12)14-11/h4-5,8-9H,3,6-7,12H2,1-2H3. The molecule has 0 radical (unpaired) electrons. The van der Waals surface area contributed by atoms with Crippen molar-refractivity contribution in [1.82, 2.24) is 9.97 Å². The van der Waals surface area contributed by atoms with Crippen LogP contribution in [0.5, 0.6) is 0 Å². The van der Waals surface area contributed by atoms with E-state index in [-0.39, 0.29) is 0 Å². The zero-order valence-corrected chi connectivity index (χ0v) is 10.6. The molecule has 0 aliphatic carbocycles. The lowest BCUT2D eigenvalue weighted by Gasteiger charge is -2.35. The number of hydrogen-bond acceptors (Lipinski definition) is 5. The van der Waals surface area contributed by atoms with Gasteiger partial charge in [-0.3, -0.25) is 4.98 Å². The average Bonchev–Trinajstić information content (AvgIpc) is 2.28. The summed E-state index contributed by atoms with van der Waals surface area (Å²) < 4.78 is 0. The van der Waals surface area contributed by atoms with Gasteiger partial charge in [0.2, 0.25) is 0 Å². The molecule has 16 heavy (non-hydrogen) atoms. The zero-order chi connectivity index (χ0) is 11.5. The molecule has 1 aliphatic heterocycles. The van der Waals surface area contributed by atoms with Gasteiger partial charge in [-0.05, 0) is 0 Å². The summed E-state index contributed by atoms with van der Waals surface area (Å²) in [6.45, 7) is 7.05. The van der Waals surface area contributed by atoms with E-state index in [1.807, 2.05) is 18.0 Å². The Bertz CT molecular complexity index is 348. The van der Waals surface area contributed by atoms with Gasteiger partial charge in [-0.25, -0.2) is 4.98 Å². The predicted octanol–water partition coefficient (Wildman–Crippen LogP) is 1.27. The van der Waals surface area contributed by atoms with Crippen LogP contribution < -0.4 is 10.6 Å². The van der Waals surface area contributed by atoms with Crippen LogP contribution in [0.1, 0.15) is 19.5 Å². The maximum atomic E-state index is 5.58. The number of nitrogens with two attached hydrogens (primary N) is 1. The monoisotopic (exact) mass is 238 g/mol. The molecule has 0 bridgehead atoms. The quantitative estimate of drug-likeness (QED) is 0.841. The number of aromatic nitrogens is 2. The van der Waals surface area contributed by atoms with Gasteiger partial charge >= 0.3 is 0 Å². The summed E-state index contributed by atoms with van der Waals surface area (Å²) in [5.74, 6) is 0.960. The minimum atomic E-state index is 0.453. The Labute approximate surface area is 101 Å². The highest BCUT2D eigenvalue weighted by molar-refractivity contribution is 8.00. The molecule has 2 unspecified atom stereocenters. The molecule has 88 valence electrons. The fraction of sp³-hybridized carbons (Fsp3) is 0.636. The van der Waals surface area contributed by atoms with Gasteiger partial charge in [0.25, 0.3) is 0 Å². The molecular weight excluding hydrogens is 220 g/mol. The normalized spacial score (nSPS) is 25.8. The number of hydrogen-bond donors (Lipinski definition) is 1. The highest BCUT2D eigenvalue weighted by Crippen LogP contribution is 2.27. The fourth-order valence-corrected chi connectivity index (χ4v) is 3.34. The maximum absolute atomic E-state index is 5.58. The van der Waals surface area contributed by atoms with Crippen molar-refractivity contribution in [2.45, 2.75) is 30.9 Å². The first-order valence-electron chi connectivity index (χ1n) is 5.60. The van der Waals surface area contributed by atoms with Crippen LogP contribution in [0.4, 0.5) is 5.82 Å². The molecule has 0 spiro atoms. The van der Waals surface area contributed by atoms with Gasteiger partial charge < -0.3 is 10.6 Å². The van der Waals surface area contributed by atoms with Crippen molar-refractivity contribution in [3.8, 4) is 0 Å². The Hall–Kier alpha value is -0.810. The molecule has 2 atom stereocenters. The van der Waals surface area contributed by atoms with Crippen molar-refractivity contribution in [2.75, 3.05) is 18.0 Å². The lowest BCUT2D eigenvalue weighted by atomic mass is 10.3. The number of rotatable bonds is 2. The van der Waals surface area contributed by atoms with Gasteiger partial charge in [-0.15, -0.1) is 0 Å². The van der Waals surface area contributed by atoms with Crippen LogP contribution in [0.3, 0.4) is 0 Å². The zero-order valence-electron chi connectivity index (χ0n) is 9.76. The van der Waals surface area contributed by atoms with E-state index in [9.17, 15) is 0 Å². The second kappa shape index (κ2) is 5.01. The Kier molecular flexibility index (Phi) is 3.66. The van der Waals surface area contributed by atoms with E-state index in [1.165, 1.54) is 0 Å². The third-order valence-electron chi connectivity index (χ3n) is 2.62. The summed E-state index contributed by atoms with van der Waals surface area (Å²) in [6.07, 6.45) is 3.56. The summed E-state index contributed by atoms with van der Waals surface area (Å²) >= 11 is 2.04. The van der Waals surface area contributed by atoms with E-state index >= 15 is 0 Å². The van der Waals surface area contributed by atoms with Gasteiger partial charge in [-0.2, -0.15) is 11.8 Å². The van der Waals surface area contributed by atoms with Crippen LogP contribution in [0.2, 0.25) is 0 Å². The summed E-state index contributed by atoms with van der Waals surface area (Å²) in [5.41, 5.74) is 6.44. The lowest BCUT2D eigenvalue weighted by Crippen LogP contribution is -2.41. The van der Waals surface area contributed by atoms with Gasteiger partial charge in [0.1, 0.15) is 5.82 Å². The van der Waals surface area contributed by atoms with Crippen molar-refractivity contribution >= 4 is 17.6 Å². The van der Waals surface area contributed by atoms with Crippen molar-refractivity contribution in [3.05, 3.63) is 18.1 Å². The minimum Gasteiger partial charge on any atom is -0.353 e. The lowest BCUT2D eigenvalue weighted by molar-refractivity contribution is 0.713. The van der Waals surface area contributed by atoms with Crippen LogP contribution in [0.15, 0.2) is 12.4 Å². The van der Waals surface area contributed by atoms with E-state index in [0.29, 0.717) is 17.0 Å². The van der Waals surface area contributed by atoms with Crippen molar-refractivity contribution in [2.24, 2.45) is 5.73 Å². The molecule has 0 aromatic carbocycles. The summed E-state index contributed by atoms with van der Waals surface area (Å²) in [4.78, 5) is 11.0. The Morgan fingerprint density at radius 2 is 2.06 bits per heavy atom. The van der Waals surface area contributed by atoms with Crippen LogP contribution in [-0.4, -0.2) is 33.6 Å². The van der Waals surface area contributed by atoms with E-state index in [1.54, 1.807) is 6.20 Å². The number of nitrogens with zero attached hydrogens (tertiary/aromatic N) is 3. The second-order valence-electron chi connectivity index (χ2n) is 4.24. The first kappa shape index (κ1) is 11.7. The van der Waals surface area contributed by atoms with Crippen LogP contribution in [0, 0.1) is 0 Å². The Morgan fingerprint density at radius 1 is 1.38 bits per heavy atom. The number of anilines is 1. The number of thioether (sulfide) groups is 1. The van der Waals surface area contributed by atoms with Gasteiger partial charge in [-0.1, -0.05) is 13.8 Å². The Morgan fingerprint density at radius 3 is 2.69 bits per heavy atom. The highest BCUT2D eigenvalue weighted by atomic mass is 32.2. The van der Waals surface area contributed by atoms with Gasteiger partial charge in [0.05, 0.1) is 11.9 Å². The van der Waals surface area contributed by atoms with Gasteiger partial charge in [0.15, 0.2) is 0 Å². The van der Waals surface area contributed by atoms with E-state index in [2.05, 4.69) is 28.7 Å². The van der Waals surface area contributed by atoms with Crippen LogP contribution >= 0.6 is 11.8 Å². The van der Waals surface area contributed by atoms with Crippen LogP contribution in [-0.2, 0) is 6.54 Å². The first-order valence-corrected chi connectivity index (χ1v) is 6.54. The van der Waals surface area contributed by atoms with Crippen molar-refractivity contribution in [1.29, 1.82) is 0 Å². The minimum absolute atomic E-state index is 0.453. The summed E-state index contributed by atoms with van der Waals surface area (Å²) in [5, 5.41) is 1.29. The maximum Gasteiger partial charge on any atom is 0.147 e. The SMILES string of the molecule is CC1CN(c2cncc(CN)n2)CC(C)S1. The highest BCUT2D eigenvalue weighted by Gasteiger charge is 2.23. The van der Waals surface area contributed by atoms with Crippen molar-refractivity contribution in [3.63, 3.8) is 0 Å². The Balaban J connectivity index is 2.16. The predicted molar refractivity (Wildman–Crippen MR) is 68.7 cm³/mol. The fourth-order valence-electron chi connectivity index (χ4n) is 2.01. The van der Waals surface area contributed by atoms with Crippen molar-refractivity contribution < 1.29 is 0 Å². The molecule has 1 aromatic heterocycles. The summed E-state index contributed by atoms with van der Waals surface area (Å²) in [7, 11) is 0. The molecule has 0 saturated carbocycles. The largest absolute Gasteiger partial charge is 0.353 e. The van der Waals surface area contributed by atoms with Gasteiger partial charge in [0, 0.05) is 36.3 Å². The van der Waals surface area contributed by atoms with E-state index in [4.69, 9.17) is 5.73 Å². The first-order chi connectivity index (χ1) is 7.69. The molecular formula is C11H18N4S. The molecule has 1 aromatic rings. The molecule has 2 N–H and O–H groups in total. The van der Waals surface area contributed by atoms with E-state index in [0.717, 1.165) is 24.6 Å². The third kappa shape index (κ3) is 2.65. The topological polar surface area (TPSA) is 55.0 Å². The average molecular weight is 238 g/mol. The molecule has 0 amide bonds. The molecule has 5 heteroatoms. The molecule has 1 aliphatic rings. The summed E-state index contributed by atoms with van der Waals surface area (Å²) in [6, 6.07) is 0. The van der Waals surface area contributed by atoms with E-state index < -0.39 is 0 Å². The molecule has 1 saturated heterocycles.